The van der Waals surface area contributed by atoms with Gasteiger partial charge in [0.05, 0.1) is 15.5 Å². The first-order valence-corrected chi connectivity index (χ1v) is 9.58. The number of thioether (sulfide) groups is 1. The Kier molecular flexibility index (Phi) is 5.48. The number of amides is 1. The molecule has 3 rings (SSSR count). The molecule has 2 heterocycles. The highest BCUT2D eigenvalue weighted by molar-refractivity contribution is 8.00. The van der Waals surface area contributed by atoms with Gasteiger partial charge in [0, 0.05) is 6.54 Å². The average Bonchev–Trinajstić information content (AvgIpc) is 3.10. The third-order valence-corrected chi connectivity index (χ3v) is 5.96. The first-order valence-electron chi connectivity index (χ1n) is 7.82. The largest absolute Gasteiger partial charge is 0.355 e. The number of thiophene rings is 1. The van der Waals surface area contributed by atoms with Crippen LogP contribution >= 0.6 is 23.1 Å². The Bertz CT molecular complexity index is 819. The maximum Gasteiger partial charge on any atom is 0.233 e. The standard InChI is InChI=1S/C18H19N3OS2/c1-12(14-6-4-3-5-7-14)10-19-17(22)13(2)24-18-16-15(8-9-23-16)20-11-21-18/h3-9,11-13H,10H2,1-2H3,(H,19,22). The number of hydrogen-bond donors (Lipinski definition) is 1. The van der Waals surface area contributed by atoms with Gasteiger partial charge in [0.25, 0.3) is 0 Å². The van der Waals surface area contributed by atoms with E-state index in [1.165, 1.54) is 17.3 Å². The molecule has 0 radical (unpaired) electrons. The Labute approximate surface area is 149 Å². The Balaban J connectivity index is 1.58. The quantitative estimate of drug-likeness (QED) is 0.533. The fourth-order valence-corrected chi connectivity index (χ4v) is 4.23. The summed E-state index contributed by atoms with van der Waals surface area (Å²) in [5, 5.41) is 5.71. The van der Waals surface area contributed by atoms with Crippen LogP contribution in [0.15, 0.2) is 53.1 Å². The summed E-state index contributed by atoms with van der Waals surface area (Å²) in [6.45, 7) is 4.66. The van der Waals surface area contributed by atoms with E-state index in [-0.39, 0.29) is 17.1 Å². The normalized spacial score (nSPS) is 13.6. The fourth-order valence-electron chi connectivity index (χ4n) is 2.37. The van der Waals surface area contributed by atoms with Crippen molar-refractivity contribution >= 4 is 39.2 Å². The first kappa shape index (κ1) is 16.9. The van der Waals surface area contributed by atoms with Crippen LogP contribution < -0.4 is 5.32 Å². The van der Waals surface area contributed by atoms with Crippen molar-refractivity contribution in [2.45, 2.75) is 30.0 Å². The first-order chi connectivity index (χ1) is 11.6. The predicted molar refractivity (Wildman–Crippen MR) is 101 cm³/mol. The molecular weight excluding hydrogens is 338 g/mol. The summed E-state index contributed by atoms with van der Waals surface area (Å²) in [5.74, 6) is 0.321. The summed E-state index contributed by atoms with van der Waals surface area (Å²) in [7, 11) is 0. The molecule has 2 unspecified atom stereocenters. The van der Waals surface area contributed by atoms with Crippen LogP contribution in [0.3, 0.4) is 0 Å². The highest BCUT2D eigenvalue weighted by Crippen LogP contribution is 2.31. The van der Waals surface area contributed by atoms with Crippen molar-refractivity contribution in [2.24, 2.45) is 0 Å². The summed E-state index contributed by atoms with van der Waals surface area (Å²) in [6, 6.07) is 12.2. The molecule has 2 aromatic heterocycles. The maximum atomic E-state index is 12.4. The Morgan fingerprint density at radius 2 is 2.00 bits per heavy atom. The maximum absolute atomic E-state index is 12.4. The third kappa shape index (κ3) is 3.94. The summed E-state index contributed by atoms with van der Waals surface area (Å²) < 4.78 is 1.04. The molecular formula is C18H19N3OS2. The van der Waals surface area contributed by atoms with Crippen LogP contribution in [0.25, 0.3) is 10.2 Å². The number of nitrogens with zero attached hydrogens (tertiary/aromatic N) is 2. The van der Waals surface area contributed by atoms with Crippen molar-refractivity contribution in [1.82, 2.24) is 15.3 Å². The van der Waals surface area contributed by atoms with Crippen molar-refractivity contribution < 1.29 is 4.79 Å². The van der Waals surface area contributed by atoms with E-state index in [0.29, 0.717) is 6.54 Å². The van der Waals surface area contributed by atoms with Crippen LogP contribution in [0, 0.1) is 0 Å². The molecule has 2 atom stereocenters. The average molecular weight is 358 g/mol. The second kappa shape index (κ2) is 7.77. The zero-order chi connectivity index (χ0) is 16.9. The third-order valence-electron chi connectivity index (χ3n) is 3.82. The topological polar surface area (TPSA) is 54.9 Å². The number of hydrogen-bond acceptors (Lipinski definition) is 5. The summed E-state index contributed by atoms with van der Waals surface area (Å²) in [4.78, 5) is 20.9. The highest BCUT2D eigenvalue weighted by atomic mass is 32.2. The monoisotopic (exact) mass is 357 g/mol. The molecule has 4 nitrogen and oxygen atoms in total. The molecule has 0 aliphatic carbocycles. The van der Waals surface area contributed by atoms with Crippen LogP contribution in [-0.4, -0.2) is 27.7 Å². The van der Waals surface area contributed by atoms with Gasteiger partial charge in [-0.05, 0) is 29.9 Å². The molecule has 0 fully saturated rings. The van der Waals surface area contributed by atoms with Crippen LogP contribution in [0.2, 0.25) is 0 Å². The Morgan fingerprint density at radius 1 is 1.21 bits per heavy atom. The zero-order valence-electron chi connectivity index (χ0n) is 13.6. The van der Waals surface area contributed by atoms with Crippen molar-refractivity contribution in [3.05, 3.63) is 53.7 Å². The SMILES string of the molecule is CC(Sc1ncnc2ccsc12)C(=O)NCC(C)c1ccccc1. The number of rotatable bonds is 6. The lowest BCUT2D eigenvalue weighted by Gasteiger charge is -2.16. The van der Waals surface area contributed by atoms with Crippen molar-refractivity contribution in [3.8, 4) is 0 Å². The lowest BCUT2D eigenvalue weighted by Crippen LogP contribution is -2.33. The summed E-state index contributed by atoms with van der Waals surface area (Å²) in [5.41, 5.74) is 2.16. The Morgan fingerprint density at radius 3 is 2.79 bits per heavy atom. The number of aromatic nitrogens is 2. The molecule has 0 saturated heterocycles. The minimum absolute atomic E-state index is 0.0334. The molecule has 0 spiro atoms. The van der Waals surface area contributed by atoms with E-state index in [9.17, 15) is 4.79 Å². The molecule has 1 N–H and O–H groups in total. The zero-order valence-corrected chi connectivity index (χ0v) is 15.2. The van der Waals surface area contributed by atoms with Gasteiger partial charge in [-0.15, -0.1) is 11.3 Å². The number of benzene rings is 1. The van der Waals surface area contributed by atoms with Gasteiger partial charge in [0.1, 0.15) is 11.4 Å². The molecule has 0 bridgehead atoms. The van der Waals surface area contributed by atoms with Crippen molar-refractivity contribution in [3.63, 3.8) is 0 Å². The number of carbonyl (C=O) groups is 1. The van der Waals surface area contributed by atoms with E-state index in [1.807, 2.05) is 36.6 Å². The van der Waals surface area contributed by atoms with Crippen LogP contribution in [0.4, 0.5) is 0 Å². The van der Waals surface area contributed by atoms with Crippen molar-refractivity contribution in [2.75, 3.05) is 6.54 Å². The fraction of sp³-hybridized carbons (Fsp3) is 0.278. The van der Waals surface area contributed by atoms with Crippen LogP contribution in [-0.2, 0) is 4.79 Å². The lowest BCUT2D eigenvalue weighted by molar-refractivity contribution is -0.120. The molecule has 3 aromatic rings. The van der Waals surface area contributed by atoms with Gasteiger partial charge in [-0.2, -0.15) is 0 Å². The predicted octanol–water partition coefficient (Wildman–Crippen LogP) is 4.09. The van der Waals surface area contributed by atoms with Gasteiger partial charge in [-0.1, -0.05) is 49.0 Å². The van der Waals surface area contributed by atoms with E-state index in [2.05, 4.69) is 34.3 Å². The second-order valence-electron chi connectivity index (χ2n) is 5.63. The van der Waals surface area contributed by atoms with Gasteiger partial charge in [0.15, 0.2) is 0 Å². The smallest absolute Gasteiger partial charge is 0.233 e. The van der Waals surface area contributed by atoms with E-state index in [1.54, 1.807) is 17.7 Å². The van der Waals surface area contributed by atoms with Crippen LogP contribution in [0.5, 0.6) is 0 Å². The van der Waals surface area contributed by atoms with E-state index in [0.717, 1.165) is 15.2 Å². The van der Waals surface area contributed by atoms with E-state index < -0.39 is 0 Å². The molecule has 124 valence electrons. The number of fused-ring (bicyclic) bond motifs is 1. The van der Waals surface area contributed by atoms with Crippen LogP contribution in [0.1, 0.15) is 25.3 Å². The Hall–Kier alpha value is -1.92. The van der Waals surface area contributed by atoms with Gasteiger partial charge in [-0.3, -0.25) is 4.79 Å². The van der Waals surface area contributed by atoms with Gasteiger partial charge in [0.2, 0.25) is 5.91 Å². The molecule has 1 amide bonds. The number of carbonyl (C=O) groups excluding carboxylic acids is 1. The molecule has 24 heavy (non-hydrogen) atoms. The van der Waals surface area contributed by atoms with Gasteiger partial charge >= 0.3 is 0 Å². The minimum atomic E-state index is -0.201. The summed E-state index contributed by atoms with van der Waals surface area (Å²) in [6.07, 6.45) is 1.56. The molecule has 6 heteroatoms. The number of nitrogens with one attached hydrogen (secondary N) is 1. The molecule has 1 aromatic carbocycles. The molecule has 0 aliphatic heterocycles. The second-order valence-corrected chi connectivity index (χ2v) is 7.88. The van der Waals surface area contributed by atoms with E-state index in [4.69, 9.17) is 0 Å². The van der Waals surface area contributed by atoms with Gasteiger partial charge in [-0.25, -0.2) is 9.97 Å². The summed E-state index contributed by atoms with van der Waals surface area (Å²) >= 11 is 3.09. The van der Waals surface area contributed by atoms with E-state index >= 15 is 0 Å². The van der Waals surface area contributed by atoms with Crippen molar-refractivity contribution in [1.29, 1.82) is 0 Å². The lowest BCUT2D eigenvalue weighted by atomic mass is 10.0. The van der Waals surface area contributed by atoms with Gasteiger partial charge < -0.3 is 5.32 Å². The molecule has 0 saturated carbocycles. The highest BCUT2D eigenvalue weighted by Gasteiger charge is 2.18. The molecule has 0 aliphatic rings. The minimum Gasteiger partial charge on any atom is -0.355 e.